The summed E-state index contributed by atoms with van der Waals surface area (Å²) in [7, 11) is 1.58. The SMILES string of the molecule is CNC(=O)c1ccccc1N.[Cl-]. The van der Waals surface area contributed by atoms with E-state index in [1.807, 2.05) is 0 Å². The fourth-order valence-electron chi connectivity index (χ4n) is 0.838. The molecule has 1 aromatic rings. The third-order valence-corrected chi connectivity index (χ3v) is 1.43. The molecule has 0 aromatic heterocycles. The minimum atomic E-state index is -0.150. The lowest BCUT2D eigenvalue weighted by molar-refractivity contribution is -0.0000106. The summed E-state index contributed by atoms with van der Waals surface area (Å²) in [6.45, 7) is 0. The molecule has 0 radical (unpaired) electrons. The predicted molar refractivity (Wildman–Crippen MR) is 44.2 cm³/mol. The normalized spacial score (nSPS) is 8.42. The van der Waals surface area contributed by atoms with E-state index in [0.717, 1.165) is 0 Å². The molecule has 66 valence electrons. The smallest absolute Gasteiger partial charge is 0.253 e. The number of rotatable bonds is 1. The minimum absolute atomic E-state index is 0. The first kappa shape index (κ1) is 10.8. The Morgan fingerprint density at radius 2 is 2.00 bits per heavy atom. The van der Waals surface area contributed by atoms with Crippen LogP contribution in [0.15, 0.2) is 24.3 Å². The summed E-state index contributed by atoms with van der Waals surface area (Å²) in [5.41, 5.74) is 6.57. The van der Waals surface area contributed by atoms with E-state index in [1.165, 1.54) is 0 Å². The van der Waals surface area contributed by atoms with Gasteiger partial charge in [0.15, 0.2) is 0 Å². The number of nitrogens with two attached hydrogens (primary N) is 1. The van der Waals surface area contributed by atoms with Gasteiger partial charge < -0.3 is 23.5 Å². The highest BCUT2D eigenvalue weighted by molar-refractivity contribution is 5.98. The molecule has 0 saturated carbocycles. The van der Waals surface area contributed by atoms with Crippen molar-refractivity contribution in [3.05, 3.63) is 29.8 Å². The fourth-order valence-corrected chi connectivity index (χ4v) is 0.838. The van der Waals surface area contributed by atoms with Crippen molar-refractivity contribution < 1.29 is 17.2 Å². The maximum atomic E-state index is 11.0. The lowest BCUT2D eigenvalue weighted by atomic mass is 10.2. The highest BCUT2D eigenvalue weighted by Gasteiger charge is 2.04. The van der Waals surface area contributed by atoms with Gasteiger partial charge in [0.25, 0.3) is 5.91 Å². The third-order valence-electron chi connectivity index (χ3n) is 1.43. The maximum absolute atomic E-state index is 11.0. The molecule has 0 fully saturated rings. The van der Waals surface area contributed by atoms with Gasteiger partial charge in [-0.1, -0.05) is 12.1 Å². The van der Waals surface area contributed by atoms with Crippen LogP contribution >= 0.6 is 0 Å². The number of amides is 1. The number of carbonyl (C=O) groups is 1. The van der Waals surface area contributed by atoms with E-state index in [-0.39, 0.29) is 18.3 Å². The Bertz CT molecular complexity index is 276. The van der Waals surface area contributed by atoms with Crippen LogP contribution in [-0.4, -0.2) is 13.0 Å². The molecular weight excluding hydrogens is 176 g/mol. The summed E-state index contributed by atoms with van der Waals surface area (Å²) in [6, 6.07) is 6.96. The number of hydrogen-bond acceptors (Lipinski definition) is 2. The zero-order valence-corrected chi connectivity index (χ0v) is 7.43. The summed E-state index contributed by atoms with van der Waals surface area (Å²) in [5, 5.41) is 2.50. The topological polar surface area (TPSA) is 55.1 Å². The molecule has 1 amide bonds. The number of nitrogens with one attached hydrogen (secondary N) is 1. The van der Waals surface area contributed by atoms with Crippen LogP contribution in [0, 0.1) is 0 Å². The Balaban J connectivity index is 0.00000121. The molecular formula is C8H10ClN2O-. The van der Waals surface area contributed by atoms with E-state index in [4.69, 9.17) is 5.73 Å². The summed E-state index contributed by atoms with van der Waals surface area (Å²) < 4.78 is 0. The summed E-state index contributed by atoms with van der Waals surface area (Å²) in [5.74, 6) is -0.150. The molecule has 3 N–H and O–H groups in total. The van der Waals surface area contributed by atoms with Crippen LogP contribution in [0.25, 0.3) is 0 Å². The van der Waals surface area contributed by atoms with Crippen molar-refractivity contribution in [2.45, 2.75) is 0 Å². The quantitative estimate of drug-likeness (QED) is 0.481. The molecule has 1 rings (SSSR count). The van der Waals surface area contributed by atoms with Crippen molar-refractivity contribution in [2.24, 2.45) is 0 Å². The lowest BCUT2D eigenvalue weighted by Crippen LogP contribution is -3.00. The average molecular weight is 186 g/mol. The lowest BCUT2D eigenvalue weighted by Gasteiger charge is -2.01. The standard InChI is InChI=1S/C8H10N2O.ClH/c1-10-8(11)6-4-2-3-5-7(6)9;/h2-5H,9H2,1H3,(H,10,11);1H/p-1. The molecule has 12 heavy (non-hydrogen) atoms. The fraction of sp³-hybridized carbons (Fsp3) is 0.125. The number of carbonyl (C=O) groups excluding carboxylic acids is 1. The van der Waals surface area contributed by atoms with Crippen molar-refractivity contribution in [3.63, 3.8) is 0 Å². The van der Waals surface area contributed by atoms with Gasteiger partial charge in [-0.3, -0.25) is 4.79 Å². The van der Waals surface area contributed by atoms with Gasteiger partial charge >= 0.3 is 0 Å². The van der Waals surface area contributed by atoms with Gasteiger partial charge in [-0.05, 0) is 12.1 Å². The van der Waals surface area contributed by atoms with Gasteiger partial charge in [-0.15, -0.1) is 0 Å². The Labute approximate surface area is 77.4 Å². The summed E-state index contributed by atoms with van der Waals surface area (Å²) in [6.07, 6.45) is 0. The van der Waals surface area contributed by atoms with Crippen LogP contribution in [0.4, 0.5) is 5.69 Å². The van der Waals surface area contributed by atoms with E-state index < -0.39 is 0 Å². The van der Waals surface area contributed by atoms with E-state index in [9.17, 15) is 4.79 Å². The molecule has 0 aliphatic rings. The van der Waals surface area contributed by atoms with Crippen LogP contribution in [0.2, 0.25) is 0 Å². The van der Waals surface area contributed by atoms with Crippen molar-refractivity contribution in [1.82, 2.24) is 5.32 Å². The second-order valence-corrected chi connectivity index (χ2v) is 2.17. The molecule has 0 saturated heterocycles. The first-order valence-electron chi connectivity index (χ1n) is 3.32. The van der Waals surface area contributed by atoms with Gasteiger partial charge in [0.05, 0.1) is 5.56 Å². The Morgan fingerprint density at radius 3 is 2.50 bits per heavy atom. The molecule has 0 aliphatic heterocycles. The van der Waals surface area contributed by atoms with Gasteiger partial charge in [0.2, 0.25) is 0 Å². The highest BCUT2D eigenvalue weighted by atomic mass is 35.5. The molecule has 0 unspecified atom stereocenters. The zero-order chi connectivity index (χ0) is 8.27. The molecule has 4 heteroatoms. The molecule has 3 nitrogen and oxygen atoms in total. The number of nitrogen functional groups attached to an aromatic ring is 1. The second-order valence-electron chi connectivity index (χ2n) is 2.17. The first-order chi connectivity index (χ1) is 5.25. The van der Waals surface area contributed by atoms with Crippen LogP contribution in [0.3, 0.4) is 0 Å². The number of halogens is 1. The molecule has 0 bridgehead atoms. The largest absolute Gasteiger partial charge is 1.00 e. The zero-order valence-electron chi connectivity index (χ0n) is 6.67. The summed E-state index contributed by atoms with van der Waals surface area (Å²) in [4.78, 5) is 11.0. The molecule has 0 atom stereocenters. The number of hydrogen-bond donors (Lipinski definition) is 2. The number of para-hydroxylation sites is 1. The number of anilines is 1. The van der Waals surface area contributed by atoms with Gasteiger partial charge in [-0.2, -0.15) is 0 Å². The predicted octanol–water partition coefficient (Wildman–Crippen LogP) is -2.37. The monoisotopic (exact) mass is 185 g/mol. The van der Waals surface area contributed by atoms with E-state index in [1.54, 1.807) is 31.3 Å². The van der Waals surface area contributed by atoms with Crippen molar-refractivity contribution in [1.29, 1.82) is 0 Å². The van der Waals surface area contributed by atoms with Crippen LogP contribution in [-0.2, 0) is 0 Å². The van der Waals surface area contributed by atoms with Gasteiger partial charge in [0, 0.05) is 12.7 Å². The Morgan fingerprint density at radius 1 is 1.42 bits per heavy atom. The Hall–Kier alpha value is -1.22. The van der Waals surface area contributed by atoms with Gasteiger partial charge in [0.1, 0.15) is 0 Å². The third kappa shape index (κ3) is 2.13. The average Bonchev–Trinajstić information content (AvgIpc) is 2.04. The van der Waals surface area contributed by atoms with Crippen molar-refractivity contribution >= 4 is 11.6 Å². The first-order valence-corrected chi connectivity index (χ1v) is 3.32. The van der Waals surface area contributed by atoms with Gasteiger partial charge in [-0.25, -0.2) is 0 Å². The Kier molecular flexibility index (Phi) is 4.15. The molecule has 1 aromatic carbocycles. The molecule has 0 aliphatic carbocycles. The summed E-state index contributed by atoms with van der Waals surface area (Å²) >= 11 is 0. The number of benzene rings is 1. The molecule has 0 heterocycles. The van der Waals surface area contributed by atoms with E-state index in [0.29, 0.717) is 11.3 Å². The van der Waals surface area contributed by atoms with Crippen molar-refractivity contribution in [3.8, 4) is 0 Å². The van der Waals surface area contributed by atoms with Crippen LogP contribution in [0.1, 0.15) is 10.4 Å². The molecule has 0 spiro atoms. The van der Waals surface area contributed by atoms with Crippen LogP contribution < -0.4 is 23.5 Å². The van der Waals surface area contributed by atoms with E-state index >= 15 is 0 Å². The highest BCUT2D eigenvalue weighted by Crippen LogP contribution is 2.09. The van der Waals surface area contributed by atoms with Crippen LogP contribution in [0.5, 0.6) is 0 Å². The van der Waals surface area contributed by atoms with E-state index in [2.05, 4.69) is 5.32 Å². The second kappa shape index (κ2) is 4.62. The maximum Gasteiger partial charge on any atom is 0.253 e. The minimum Gasteiger partial charge on any atom is -1.00 e. The van der Waals surface area contributed by atoms with Crippen molar-refractivity contribution in [2.75, 3.05) is 12.8 Å².